The van der Waals surface area contributed by atoms with Crippen LogP contribution in [-0.4, -0.2) is 46.0 Å². The molecule has 1 aliphatic heterocycles. The Morgan fingerprint density at radius 1 is 1.32 bits per heavy atom. The minimum atomic E-state index is 0.000935. The second-order valence-electron chi connectivity index (χ2n) is 8.88. The number of halogens is 1. The number of nitrogens with one attached hydrogen (secondary N) is 1. The van der Waals surface area contributed by atoms with Crippen molar-refractivity contribution in [3.63, 3.8) is 0 Å². The summed E-state index contributed by atoms with van der Waals surface area (Å²) in [5.74, 6) is 7.70. The van der Waals surface area contributed by atoms with Gasteiger partial charge in [-0.05, 0) is 27.7 Å². The third kappa shape index (κ3) is 5.38. The minimum absolute atomic E-state index is 0.000935. The van der Waals surface area contributed by atoms with Crippen LogP contribution in [0.15, 0.2) is 22.5 Å². The summed E-state index contributed by atoms with van der Waals surface area (Å²) >= 11 is 6.44. The number of aliphatic imine (C=N–C) groups is 1. The normalized spacial score (nSPS) is 18.9. The van der Waals surface area contributed by atoms with Gasteiger partial charge in [-0.1, -0.05) is 30.4 Å². The Morgan fingerprint density at radius 2 is 2.06 bits per heavy atom. The summed E-state index contributed by atoms with van der Waals surface area (Å²) in [5, 5.41) is 4.47. The van der Waals surface area contributed by atoms with E-state index < -0.39 is 0 Å². The maximum absolute atomic E-state index is 6.44. The first-order valence-electron chi connectivity index (χ1n) is 10.4. The van der Waals surface area contributed by atoms with E-state index in [-0.39, 0.29) is 23.4 Å². The van der Waals surface area contributed by atoms with E-state index in [0.717, 1.165) is 35.2 Å². The zero-order valence-electron chi connectivity index (χ0n) is 19.1. The fourth-order valence-electron chi connectivity index (χ4n) is 3.74. The van der Waals surface area contributed by atoms with Gasteiger partial charge in [0.15, 0.2) is 0 Å². The lowest BCUT2D eigenvalue weighted by Gasteiger charge is -2.27. The molecule has 0 radical (unpaired) electrons. The maximum Gasteiger partial charge on any atom is 0.223 e. The summed E-state index contributed by atoms with van der Waals surface area (Å²) in [6.07, 6.45) is 4.56. The zero-order chi connectivity index (χ0) is 22.8. The summed E-state index contributed by atoms with van der Waals surface area (Å²) in [4.78, 5) is 13.3. The van der Waals surface area contributed by atoms with Crippen molar-refractivity contribution in [1.29, 1.82) is 0 Å². The number of nitrogens with two attached hydrogens (primary N) is 1. The average Bonchev–Trinajstić information content (AvgIpc) is 3.01. The van der Waals surface area contributed by atoms with Gasteiger partial charge in [0.25, 0.3) is 0 Å². The Balaban J connectivity index is 1.90. The molecule has 3 heterocycles. The molecule has 7 nitrogen and oxygen atoms in total. The van der Waals surface area contributed by atoms with Crippen LogP contribution in [0.5, 0.6) is 0 Å². The van der Waals surface area contributed by atoms with Crippen LogP contribution in [0.2, 0.25) is 5.15 Å². The van der Waals surface area contributed by atoms with E-state index in [9.17, 15) is 0 Å². The summed E-state index contributed by atoms with van der Waals surface area (Å²) in [5.41, 5.74) is 8.46. The fraction of sp³-hybridized carbons (Fsp3) is 0.522. The quantitative estimate of drug-likeness (QED) is 0.417. The predicted octanol–water partition coefficient (Wildman–Crippen LogP) is 3.81. The molecular weight excluding hydrogens is 412 g/mol. The van der Waals surface area contributed by atoms with Crippen LogP contribution in [0, 0.1) is 17.8 Å². The molecule has 0 aliphatic carbocycles. The number of hydrogen-bond donors (Lipinski definition) is 2. The van der Waals surface area contributed by atoms with Crippen LogP contribution in [-0.2, 0) is 11.3 Å². The van der Waals surface area contributed by atoms with Gasteiger partial charge in [-0.2, -0.15) is 4.98 Å². The van der Waals surface area contributed by atoms with E-state index in [1.54, 1.807) is 7.11 Å². The maximum atomic E-state index is 6.44. The molecule has 8 heteroatoms. The van der Waals surface area contributed by atoms with E-state index in [1.807, 2.05) is 23.9 Å². The Hall–Kier alpha value is -2.56. The van der Waals surface area contributed by atoms with Gasteiger partial charge in [0.1, 0.15) is 16.6 Å². The van der Waals surface area contributed by atoms with Gasteiger partial charge in [0.05, 0.1) is 24.1 Å². The largest absolute Gasteiger partial charge is 0.500 e. The monoisotopic (exact) mass is 442 g/mol. The van der Waals surface area contributed by atoms with Gasteiger partial charge in [-0.15, -0.1) is 0 Å². The first kappa shape index (κ1) is 23.1. The van der Waals surface area contributed by atoms with Gasteiger partial charge >= 0.3 is 0 Å². The van der Waals surface area contributed by atoms with Crippen LogP contribution < -0.4 is 11.1 Å². The van der Waals surface area contributed by atoms with Gasteiger partial charge in [0.2, 0.25) is 5.95 Å². The smallest absolute Gasteiger partial charge is 0.223 e. The first-order chi connectivity index (χ1) is 14.6. The van der Waals surface area contributed by atoms with Crippen LogP contribution in [0.1, 0.15) is 46.6 Å². The molecule has 3 N–H and O–H groups in total. The molecule has 0 fully saturated rings. The van der Waals surface area contributed by atoms with E-state index in [0.29, 0.717) is 17.3 Å². The average molecular weight is 443 g/mol. The third-order valence-corrected chi connectivity index (χ3v) is 5.53. The lowest BCUT2D eigenvalue weighted by atomic mass is 9.94. The summed E-state index contributed by atoms with van der Waals surface area (Å²) in [6.45, 7) is 12.0. The molecule has 2 atom stereocenters. The standard InChI is InChI=1S/C23H31ClN6O/c1-14-11-26-17(15(2)19(14)31-6)13-30-12-16(9-7-8-10-27-23(3,4)5)18-20(24)28-22(25)29-21(18)30/h11-12,15,17,27H,8,10,13H2,1-6H3,(H2,25,28,29). The molecule has 0 amide bonds. The first-order valence-corrected chi connectivity index (χ1v) is 10.8. The van der Waals surface area contributed by atoms with Crippen molar-refractivity contribution in [2.75, 3.05) is 19.4 Å². The molecule has 0 aromatic carbocycles. The second kappa shape index (κ2) is 9.29. The van der Waals surface area contributed by atoms with Crippen molar-refractivity contribution in [3.05, 3.63) is 28.2 Å². The van der Waals surface area contributed by atoms with Crippen molar-refractivity contribution >= 4 is 34.8 Å². The van der Waals surface area contributed by atoms with Crippen molar-refractivity contribution < 1.29 is 4.74 Å². The van der Waals surface area contributed by atoms with Crippen molar-refractivity contribution in [3.8, 4) is 11.8 Å². The number of dihydropyridines is 1. The van der Waals surface area contributed by atoms with Gasteiger partial charge < -0.3 is 20.4 Å². The summed E-state index contributed by atoms with van der Waals surface area (Å²) in [6, 6.07) is 0.000935. The number of anilines is 1. The number of fused-ring (bicyclic) bond motifs is 1. The molecule has 0 saturated heterocycles. The highest BCUT2D eigenvalue weighted by Gasteiger charge is 2.27. The number of hydrogen-bond acceptors (Lipinski definition) is 6. The Bertz CT molecular complexity index is 1080. The van der Waals surface area contributed by atoms with Gasteiger partial charge in [-0.3, -0.25) is 4.99 Å². The summed E-state index contributed by atoms with van der Waals surface area (Å²) < 4.78 is 7.62. The Morgan fingerprint density at radius 3 is 2.74 bits per heavy atom. The zero-order valence-corrected chi connectivity index (χ0v) is 19.8. The van der Waals surface area contributed by atoms with Crippen LogP contribution in [0.3, 0.4) is 0 Å². The van der Waals surface area contributed by atoms with E-state index >= 15 is 0 Å². The van der Waals surface area contributed by atoms with E-state index in [2.05, 4.69) is 54.8 Å². The Labute approximate surface area is 189 Å². The highest BCUT2D eigenvalue weighted by atomic mass is 35.5. The molecule has 31 heavy (non-hydrogen) atoms. The van der Waals surface area contributed by atoms with Crippen LogP contribution in [0.4, 0.5) is 5.95 Å². The highest BCUT2D eigenvalue weighted by molar-refractivity contribution is 6.34. The number of allylic oxidation sites excluding steroid dienone is 1. The van der Waals surface area contributed by atoms with Gasteiger partial charge in [0, 0.05) is 49.0 Å². The number of rotatable bonds is 5. The lowest BCUT2D eigenvalue weighted by molar-refractivity contribution is 0.223. The second-order valence-corrected chi connectivity index (χ2v) is 9.24. The molecule has 3 rings (SSSR count). The number of aromatic nitrogens is 3. The third-order valence-electron chi connectivity index (χ3n) is 5.26. The molecule has 0 spiro atoms. The molecule has 2 unspecified atom stereocenters. The molecule has 166 valence electrons. The highest BCUT2D eigenvalue weighted by Crippen LogP contribution is 2.30. The number of ether oxygens (including phenoxy) is 1. The van der Waals surface area contributed by atoms with Crippen molar-refractivity contribution in [1.82, 2.24) is 19.9 Å². The minimum Gasteiger partial charge on any atom is -0.500 e. The molecular formula is C23H31ClN6O. The topological polar surface area (TPSA) is 90.3 Å². The number of nitrogen functional groups attached to an aromatic ring is 1. The van der Waals surface area contributed by atoms with Crippen LogP contribution in [0.25, 0.3) is 11.0 Å². The Kier molecular flexibility index (Phi) is 6.93. The molecule has 0 bridgehead atoms. The lowest BCUT2D eigenvalue weighted by Crippen LogP contribution is -2.36. The van der Waals surface area contributed by atoms with Gasteiger partial charge in [-0.25, -0.2) is 4.98 Å². The molecule has 1 aliphatic rings. The molecule has 2 aromatic rings. The fourth-order valence-corrected chi connectivity index (χ4v) is 4.01. The van der Waals surface area contributed by atoms with Crippen molar-refractivity contribution in [2.24, 2.45) is 10.9 Å². The summed E-state index contributed by atoms with van der Waals surface area (Å²) in [7, 11) is 1.70. The van der Waals surface area contributed by atoms with E-state index in [4.69, 9.17) is 27.1 Å². The number of methoxy groups -OCH3 is 1. The van der Waals surface area contributed by atoms with Crippen molar-refractivity contribution in [2.45, 2.75) is 59.2 Å². The van der Waals surface area contributed by atoms with E-state index in [1.165, 1.54) is 0 Å². The predicted molar refractivity (Wildman–Crippen MR) is 127 cm³/mol. The molecule has 0 saturated carbocycles. The SMILES string of the molecule is COC1=C(C)C=NC(Cn2cc(C#CCCNC(C)(C)C)c3c(Cl)nc(N)nc32)C1C. The van der Waals surface area contributed by atoms with Crippen LogP contribution >= 0.6 is 11.6 Å². The molecule has 2 aromatic heterocycles. The number of nitrogens with zero attached hydrogens (tertiary/aromatic N) is 4.